The summed E-state index contributed by atoms with van der Waals surface area (Å²) in [7, 11) is 1.36. The number of hydrogen-bond donors (Lipinski definition) is 1. The van der Waals surface area contributed by atoms with Crippen LogP contribution in [-0.2, 0) is 14.3 Å². The summed E-state index contributed by atoms with van der Waals surface area (Å²) in [6.45, 7) is 1.60. The van der Waals surface area contributed by atoms with Gasteiger partial charge in [0, 0.05) is 37.5 Å². The number of benzene rings is 2. The fourth-order valence-electron chi connectivity index (χ4n) is 3.62. The molecule has 1 heterocycles. The summed E-state index contributed by atoms with van der Waals surface area (Å²) in [6.07, 6.45) is 2.17. The van der Waals surface area contributed by atoms with Crippen LogP contribution >= 0.6 is 0 Å². The Morgan fingerprint density at radius 1 is 1.07 bits per heavy atom. The van der Waals surface area contributed by atoms with Gasteiger partial charge in [-0.2, -0.15) is 0 Å². The molecule has 0 spiro atoms. The first kappa shape index (κ1) is 19.9. The number of amides is 2. The topological polar surface area (TPSA) is 75.7 Å². The Balaban J connectivity index is 1.51. The Labute approximate surface area is 164 Å². The second kappa shape index (κ2) is 9.35. The average Bonchev–Trinajstić information content (AvgIpc) is 2.75. The van der Waals surface area contributed by atoms with E-state index in [1.54, 1.807) is 0 Å². The fourth-order valence-corrected chi connectivity index (χ4v) is 3.62. The van der Waals surface area contributed by atoms with Crippen molar-refractivity contribution in [3.8, 4) is 0 Å². The highest BCUT2D eigenvalue weighted by atomic mass is 16.5. The molecule has 1 aliphatic rings. The predicted molar refractivity (Wildman–Crippen MR) is 107 cm³/mol. The van der Waals surface area contributed by atoms with Crippen LogP contribution in [0.4, 0.5) is 0 Å². The molecule has 1 fully saturated rings. The summed E-state index contributed by atoms with van der Waals surface area (Å²) in [6, 6.07) is 13.7. The number of fused-ring (bicyclic) bond motifs is 1. The lowest BCUT2D eigenvalue weighted by atomic mass is 9.94. The Kier molecular flexibility index (Phi) is 6.63. The van der Waals surface area contributed by atoms with E-state index >= 15 is 0 Å². The van der Waals surface area contributed by atoms with E-state index in [0.717, 1.165) is 10.8 Å². The molecule has 28 heavy (non-hydrogen) atoms. The monoisotopic (exact) mass is 382 g/mol. The minimum Gasteiger partial charge on any atom is -0.469 e. The second-order valence-corrected chi connectivity index (χ2v) is 7.06. The molecule has 148 valence electrons. The van der Waals surface area contributed by atoms with Crippen molar-refractivity contribution >= 4 is 28.6 Å². The maximum Gasteiger partial charge on any atom is 0.305 e. The number of nitrogens with one attached hydrogen (secondary N) is 1. The van der Waals surface area contributed by atoms with Crippen molar-refractivity contribution in [1.29, 1.82) is 0 Å². The van der Waals surface area contributed by atoms with Gasteiger partial charge in [0.25, 0.3) is 5.91 Å². The van der Waals surface area contributed by atoms with Gasteiger partial charge in [0.1, 0.15) is 0 Å². The molecule has 0 aliphatic carbocycles. The zero-order valence-electron chi connectivity index (χ0n) is 16.1. The van der Waals surface area contributed by atoms with Crippen LogP contribution in [0.2, 0.25) is 0 Å². The molecule has 1 aliphatic heterocycles. The van der Waals surface area contributed by atoms with Gasteiger partial charge in [-0.1, -0.05) is 36.4 Å². The summed E-state index contributed by atoms with van der Waals surface area (Å²) in [5.41, 5.74) is 0.712. The molecule has 0 unspecified atom stereocenters. The minimum absolute atomic E-state index is 0.00197. The third kappa shape index (κ3) is 4.68. The summed E-state index contributed by atoms with van der Waals surface area (Å²) in [5.74, 6) is -0.333. The van der Waals surface area contributed by atoms with Crippen LogP contribution < -0.4 is 5.32 Å². The number of nitrogens with zero attached hydrogens (tertiary/aromatic N) is 1. The van der Waals surface area contributed by atoms with Crippen molar-refractivity contribution in [2.45, 2.75) is 25.7 Å². The molecule has 0 saturated carbocycles. The summed E-state index contributed by atoms with van der Waals surface area (Å²) in [5, 5.41) is 4.89. The first-order chi connectivity index (χ1) is 13.6. The SMILES string of the molecule is COC(=O)CCCNC(=O)C1CCN(C(=O)c2cccc3ccccc23)CC1. The van der Waals surface area contributed by atoms with Gasteiger partial charge in [-0.15, -0.1) is 0 Å². The molecule has 2 aromatic carbocycles. The third-order valence-electron chi connectivity index (χ3n) is 5.26. The van der Waals surface area contributed by atoms with Gasteiger partial charge in [-0.05, 0) is 36.1 Å². The fraction of sp³-hybridized carbons (Fsp3) is 0.409. The van der Waals surface area contributed by atoms with E-state index in [4.69, 9.17) is 0 Å². The van der Waals surface area contributed by atoms with E-state index in [9.17, 15) is 14.4 Å². The van der Waals surface area contributed by atoms with Crippen LogP contribution in [0.3, 0.4) is 0 Å². The van der Waals surface area contributed by atoms with Crippen molar-refractivity contribution in [3.63, 3.8) is 0 Å². The third-order valence-corrected chi connectivity index (χ3v) is 5.26. The number of piperidine rings is 1. The Hall–Kier alpha value is -2.89. The number of carbonyl (C=O) groups excluding carboxylic acids is 3. The number of methoxy groups -OCH3 is 1. The van der Waals surface area contributed by atoms with Crippen molar-refractivity contribution in [2.24, 2.45) is 5.92 Å². The summed E-state index contributed by atoms with van der Waals surface area (Å²) in [4.78, 5) is 38.2. The Morgan fingerprint density at radius 2 is 1.79 bits per heavy atom. The second-order valence-electron chi connectivity index (χ2n) is 7.06. The normalized spacial score (nSPS) is 14.7. The lowest BCUT2D eigenvalue weighted by molar-refractivity contribution is -0.140. The standard InChI is InChI=1S/C22H26N2O4/c1-28-20(25)10-5-13-23-21(26)17-11-14-24(15-12-17)22(27)19-9-4-7-16-6-2-3-8-18(16)19/h2-4,6-9,17H,5,10-15H2,1H3,(H,23,26). The number of rotatable bonds is 6. The number of esters is 1. The maximum atomic E-state index is 13.0. The molecular formula is C22H26N2O4. The summed E-state index contributed by atoms with van der Waals surface area (Å²) >= 11 is 0. The zero-order valence-corrected chi connectivity index (χ0v) is 16.1. The van der Waals surface area contributed by atoms with Crippen molar-refractivity contribution in [2.75, 3.05) is 26.7 Å². The maximum absolute atomic E-state index is 13.0. The van der Waals surface area contributed by atoms with Crippen molar-refractivity contribution in [3.05, 3.63) is 48.0 Å². The average molecular weight is 382 g/mol. The van der Waals surface area contributed by atoms with Gasteiger partial charge in [0.15, 0.2) is 0 Å². The van der Waals surface area contributed by atoms with Crippen LogP contribution in [0.1, 0.15) is 36.0 Å². The van der Waals surface area contributed by atoms with Gasteiger partial charge in [-0.25, -0.2) is 0 Å². The minimum atomic E-state index is -0.269. The largest absolute Gasteiger partial charge is 0.469 e. The predicted octanol–water partition coefficient (Wildman–Crippen LogP) is 2.76. The zero-order chi connectivity index (χ0) is 19.9. The van der Waals surface area contributed by atoms with E-state index in [0.29, 0.717) is 50.9 Å². The first-order valence-corrected chi connectivity index (χ1v) is 9.71. The molecule has 2 aromatic rings. The molecule has 0 bridgehead atoms. The molecule has 2 amide bonds. The molecule has 0 radical (unpaired) electrons. The van der Waals surface area contributed by atoms with Gasteiger partial charge < -0.3 is 15.0 Å². The van der Waals surface area contributed by atoms with Gasteiger partial charge in [-0.3, -0.25) is 14.4 Å². The molecule has 0 aromatic heterocycles. The number of carbonyl (C=O) groups is 3. The highest BCUT2D eigenvalue weighted by Gasteiger charge is 2.28. The van der Waals surface area contributed by atoms with Gasteiger partial charge in [0.2, 0.25) is 5.91 Å². The Bertz CT molecular complexity index is 851. The van der Waals surface area contributed by atoms with E-state index in [1.807, 2.05) is 47.4 Å². The highest BCUT2D eigenvalue weighted by Crippen LogP contribution is 2.23. The van der Waals surface area contributed by atoms with Crippen molar-refractivity contribution in [1.82, 2.24) is 10.2 Å². The van der Waals surface area contributed by atoms with Crippen LogP contribution in [0.25, 0.3) is 10.8 Å². The van der Waals surface area contributed by atoms with E-state index < -0.39 is 0 Å². The number of ether oxygens (including phenoxy) is 1. The quantitative estimate of drug-likeness (QED) is 0.616. The van der Waals surface area contributed by atoms with E-state index in [2.05, 4.69) is 10.1 Å². The molecule has 6 nitrogen and oxygen atoms in total. The van der Waals surface area contributed by atoms with Crippen LogP contribution in [0.15, 0.2) is 42.5 Å². The molecule has 3 rings (SSSR count). The smallest absolute Gasteiger partial charge is 0.305 e. The van der Waals surface area contributed by atoms with Crippen LogP contribution in [0, 0.1) is 5.92 Å². The van der Waals surface area contributed by atoms with Crippen molar-refractivity contribution < 1.29 is 19.1 Å². The number of likely N-dealkylation sites (tertiary alicyclic amines) is 1. The molecule has 0 atom stereocenters. The molecule has 1 saturated heterocycles. The van der Waals surface area contributed by atoms with Crippen LogP contribution in [0.5, 0.6) is 0 Å². The summed E-state index contributed by atoms with van der Waals surface area (Å²) < 4.78 is 4.58. The van der Waals surface area contributed by atoms with Gasteiger partial charge in [0.05, 0.1) is 7.11 Å². The Morgan fingerprint density at radius 3 is 2.54 bits per heavy atom. The first-order valence-electron chi connectivity index (χ1n) is 9.71. The van der Waals surface area contributed by atoms with E-state index in [-0.39, 0.29) is 23.7 Å². The molecule has 1 N–H and O–H groups in total. The lowest BCUT2D eigenvalue weighted by Gasteiger charge is -2.31. The molecule has 6 heteroatoms. The van der Waals surface area contributed by atoms with Crippen LogP contribution in [-0.4, -0.2) is 49.4 Å². The number of hydrogen-bond acceptors (Lipinski definition) is 4. The van der Waals surface area contributed by atoms with Gasteiger partial charge >= 0.3 is 5.97 Å². The van der Waals surface area contributed by atoms with E-state index in [1.165, 1.54) is 7.11 Å². The lowest BCUT2D eigenvalue weighted by Crippen LogP contribution is -2.43. The highest BCUT2D eigenvalue weighted by molar-refractivity contribution is 6.07. The molecular weight excluding hydrogens is 356 g/mol.